The van der Waals surface area contributed by atoms with Gasteiger partial charge in [-0.3, -0.25) is 4.90 Å². The van der Waals surface area contributed by atoms with Crippen molar-refractivity contribution in [2.24, 2.45) is 11.3 Å². The molecular formula is C18H29F4NO. The summed E-state index contributed by atoms with van der Waals surface area (Å²) in [5.41, 5.74) is -1.40. The number of halogens is 4. The molecule has 1 unspecified atom stereocenters. The van der Waals surface area contributed by atoms with Crippen molar-refractivity contribution < 1.29 is 22.3 Å². The molecule has 0 N–H and O–H groups in total. The molecule has 0 bridgehead atoms. The molecule has 2 aliphatic heterocycles. The summed E-state index contributed by atoms with van der Waals surface area (Å²) >= 11 is 0. The smallest absolute Gasteiger partial charge is 0.266 e. The molecule has 0 aromatic carbocycles. The summed E-state index contributed by atoms with van der Waals surface area (Å²) in [5, 5.41) is 0. The molecule has 1 aliphatic carbocycles. The summed E-state index contributed by atoms with van der Waals surface area (Å²) in [6.45, 7) is 5.50. The van der Waals surface area contributed by atoms with Crippen molar-refractivity contribution in [3.05, 3.63) is 12.2 Å². The monoisotopic (exact) mass is 351 g/mol. The fraction of sp³-hybridized carbons (Fsp3) is 0.889. The third kappa shape index (κ3) is 3.79. The van der Waals surface area contributed by atoms with Crippen LogP contribution in [0, 0.1) is 11.3 Å². The number of fused-ring (bicyclic) bond motifs is 1. The minimum Gasteiger partial charge on any atom is -0.383 e. The van der Waals surface area contributed by atoms with Crippen molar-refractivity contribution in [3.8, 4) is 0 Å². The van der Waals surface area contributed by atoms with Crippen LogP contribution in [-0.2, 0) is 4.74 Å². The van der Waals surface area contributed by atoms with Gasteiger partial charge in [-0.1, -0.05) is 33.1 Å². The van der Waals surface area contributed by atoms with Crippen molar-refractivity contribution >= 4 is 0 Å². The lowest BCUT2D eigenvalue weighted by Gasteiger charge is -2.30. The fourth-order valence-electron chi connectivity index (χ4n) is 4.48. The number of alkyl halides is 2. The van der Waals surface area contributed by atoms with Gasteiger partial charge in [0.05, 0.1) is 12.0 Å². The van der Waals surface area contributed by atoms with Crippen LogP contribution in [0.4, 0.5) is 17.6 Å². The van der Waals surface area contributed by atoms with E-state index in [4.69, 9.17) is 4.74 Å². The molecule has 2 heterocycles. The lowest BCUT2D eigenvalue weighted by atomic mass is 9.86. The Balaban J connectivity index is 0.000000368. The number of methoxy groups -OCH3 is 1. The number of hydrogen-bond acceptors (Lipinski definition) is 2. The number of rotatable bonds is 5. The van der Waals surface area contributed by atoms with Gasteiger partial charge in [0.2, 0.25) is 0 Å². The average Bonchev–Trinajstić information content (AvgIpc) is 2.71. The summed E-state index contributed by atoms with van der Waals surface area (Å²) in [6.07, 6.45) is 4.11. The van der Waals surface area contributed by atoms with E-state index < -0.39 is 23.0 Å². The zero-order chi connectivity index (χ0) is 18.0. The van der Waals surface area contributed by atoms with E-state index in [9.17, 15) is 17.6 Å². The van der Waals surface area contributed by atoms with E-state index in [-0.39, 0.29) is 12.3 Å². The van der Waals surface area contributed by atoms with Crippen LogP contribution in [-0.4, -0.2) is 43.2 Å². The standard InChI is InChI=1S/C13H17F4NO.C5H12/c1-19-8-12-3-9(2-10(14)15)4-18(12)7-11(5-12)6-13(11,16)17;1-3-5-4-2/h2,9H,3-8H2,1H3;3-5H2,1-2H3/t9-,11?,12-;/m0./s1. The topological polar surface area (TPSA) is 12.5 Å². The number of ether oxygens (including phenoxy) is 1. The Bertz CT molecular complexity index is 464. The highest BCUT2D eigenvalue weighted by molar-refractivity contribution is 5.23. The Morgan fingerprint density at radius 3 is 2.25 bits per heavy atom. The van der Waals surface area contributed by atoms with Gasteiger partial charge in [-0.25, -0.2) is 8.78 Å². The van der Waals surface area contributed by atoms with Crippen molar-refractivity contribution in [3.63, 3.8) is 0 Å². The molecular weight excluding hydrogens is 322 g/mol. The van der Waals surface area contributed by atoms with Crippen LogP contribution < -0.4 is 0 Å². The molecule has 3 aliphatic rings. The maximum absolute atomic E-state index is 13.5. The SMILES string of the molecule is CCCCC.COC[C@@]12C[C@H](C=C(F)F)CN1CC1(CC1(F)F)C2. The minimum absolute atomic E-state index is 0.0695. The largest absolute Gasteiger partial charge is 0.383 e. The van der Waals surface area contributed by atoms with Crippen molar-refractivity contribution in [2.75, 3.05) is 26.8 Å². The maximum atomic E-state index is 13.5. The summed E-state index contributed by atoms with van der Waals surface area (Å²) in [5.74, 6) is -2.85. The summed E-state index contributed by atoms with van der Waals surface area (Å²) in [6, 6.07) is 0. The summed E-state index contributed by atoms with van der Waals surface area (Å²) in [7, 11) is 1.53. The van der Waals surface area contributed by atoms with E-state index in [1.807, 2.05) is 4.90 Å². The van der Waals surface area contributed by atoms with E-state index in [1.165, 1.54) is 26.4 Å². The Labute approximate surface area is 142 Å². The van der Waals surface area contributed by atoms with Gasteiger partial charge in [-0.2, -0.15) is 8.78 Å². The number of hydrogen-bond donors (Lipinski definition) is 0. The van der Waals surface area contributed by atoms with Crippen LogP contribution in [0.25, 0.3) is 0 Å². The molecule has 140 valence electrons. The van der Waals surface area contributed by atoms with Gasteiger partial charge >= 0.3 is 0 Å². The van der Waals surface area contributed by atoms with E-state index in [2.05, 4.69) is 13.8 Å². The summed E-state index contributed by atoms with van der Waals surface area (Å²) < 4.78 is 56.9. The van der Waals surface area contributed by atoms with Crippen LogP contribution in [0.5, 0.6) is 0 Å². The summed E-state index contributed by atoms with van der Waals surface area (Å²) in [4.78, 5) is 1.95. The number of unbranched alkanes of at least 4 members (excludes halogenated alkanes) is 2. The second-order valence-electron chi connectivity index (χ2n) is 7.65. The van der Waals surface area contributed by atoms with Gasteiger partial charge in [0.1, 0.15) is 0 Å². The predicted octanol–water partition coefficient (Wildman–Crippen LogP) is 5.10. The van der Waals surface area contributed by atoms with Crippen LogP contribution in [0.2, 0.25) is 0 Å². The highest BCUT2D eigenvalue weighted by Crippen LogP contribution is 2.69. The normalized spacial score (nSPS) is 36.2. The van der Waals surface area contributed by atoms with Crippen LogP contribution in [0.15, 0.2) is 12.2 Å². The highest BCUT2D eigenvalue weighted by Gasteiger charge is 2.77. The zero-order valence-corrected chi connectivity index (χ0v) is 14.9. The zero-order valence-electron chi connectivity index (χ0n) is 14.9. The van der Waals surface area contributed by atoms with Crippen LogP contribution >= 0.6 is 0 Å². The third-order valence-electron chi connectivity index (χ3n) is 5.62. The van der Waals surface area contributed by atoms with Crippen LogP contribution in [0.1, 0.15) is 52.4 Å². The molecule has 3 rings (SSSR count). The number of nitrogens with zero attached hydrogens (tertiary/aromatic N) is 1. The highest BCUT2D eigenvalue weighted by atomic mass is 19.3. The minimum atomic E-state index is -2.59. The first-order valence-electron chi connectivity index (χ1n) is 8.89. The molecule has 0 radical (unpaired) electrons. The fourth-order valence-corrected chi connectivity index (χ4v) is 4.48. The maximum Gasteiger partial charge on any atom is 0.266 e. The molecule has 24 heavy (non-hydrogen) atoms. The van der Waals surface area contributed by atoms with Crippen molar-refractivity contribution in [1.29, 1.82) is 0 Å². The Kier molecular flexibility index (Phi) is 6.01. The van der Waals surface area contributed by atoms with Gasteiger partial charge in [0, 0.05) is 32.2 Å². The Hall–Kier alpha value is -0.620. The van der Waals surface area contributed by atoms with E-state index >= 15 is 0 Å². The van der Waals surface area contributed by atoms with E-state index in [1.54, 1.807) is 0 Å². The lowest BCUT2D eigenvalue weighted by Crippen LogP contribution is -2.42. The third-order valence-corrected chi connectivity index (χ3v) is 5.62. The molecule has 0 amide bonds. The van der Waals surface area contributed by atoms with Gasteiger partial charge < -0.3 is 4.74 Å². The molecule has 3 fully saturated rings. The second kappa shape index (κ2) is 7.32. The quantitative estimate of drug-likeness (QED) is 0.639. The van der Waals surface area contributed by atoms with E-state index in [0.29, 0.717) is 32.5 Å². The molecule has 2 nitrogen and oxygen atoms in total. The Morgan fingerprint density at radius 1 is 1.21 bits per heavy atom. The molecule has 6 heteroatoms. The predicted molar refractivity (Wildman–Crippen MR) is 86.4 cm³/mol. The van der Waals surface area contributed by atoms with Crippen molar-refractivity contribution in [1.82, 2.24) is 4.90 Å². The molecule has 0 aromatic rings. The van der Waals surface area contributed by atoms with Gasteiger partial charge in [0.25, 0.3) is 12.0 Å². The first-order chi connectivity index (χ1) is 11.2. The van der Waals surface area contributed by atoms with E-state index in [0.717, 1.165) is 6.08 Å². The lowest BCUT2D eigenvalue weighted by molar-refractivity contribution is 0.0576. The molecule has 1 spiro atoms. The second-order valence-corrected chi connectivity index (χ2v) is 7.65. The molecule has 2 saturated heterocycles. The van der Waals surface area contributed by atoms with Crippen LogP contribution in [0.3, 0.4) is 0 Å². The van der Waals surface area contributed by atoms with Crippen molar-refractivity contribution in [2.45, 2.75) is 63.8 Å². The van der Waals surface area contributed by atoms with Gasteiger partial charge in [-0.05, 0) is 24.8 Å². The van der Waals surface area contributed by atoms with Gasteiger partial charge in [0.15, 0.2) is 0 Å². The molecule has 0 aromatic heterocycles. The molecule has 3 atom stereocenters. The van der Waals surface area contributed by atoms with Gasteiger partial charge in [-0.15, -0.1) is 0 Å². The first kappa shape index (κ1) is 19.7. The average molecular weight is 351 g/mol. The Morgan fingerprint density at radius 2 is 1.83 bits per heavy atom. The first-order valence-corrected chi connectivity index (χ1v) is 8.89. The molecule has 1 saturated carbocycles.